The third kappa shape index (κ3) is 2.08. The van der Waals surface area contributed by atoms with Gasteiger partial charge >= 0.3 is 0 Å². The molecule has 1 aliphatic carbocycles. The highest BCUT2D eigenvalue weighted by Crippen LogP contribution is 2.48. The van der Waals surface area contributed by atoms with E-state index < -0.39 is 11.6 Å². The van der Waals surface area contributed by atoms with Crippen LogP contribution in [-0.2, 0) is 5.54 Å². The van der Waals surface area contributed by atoms with Crippen molar-refractivity contribution in [2.75, 3.05) is 5.32 Å². The Balaban J connectivity index is 1.88. The summed E-state index contributed by atoms with van der Waals surface area (Å²) < 4.78 is 26.3. The van der Waals surface area contributed by atoms with Crippen LogP contribution in [-0.4, -0.2) is 0 Å². The minimum atomic E-state index is -0.554. The van der Waals surface area contributed by atoms with E-state index in [1.807, 2.05) is 30.3 Å². The summed E-state index contributed by atoms with van der Waals surface area (Å²) in [6.07, 6.45) is 1.96. The molecule has 0 spiro atoms. The molecule has 0 saturated heterocycles. The van der Waals surface area contributed by atoms with Crippen LogP contribution >= 0.6 is 0 Å². The third-order valence-corrected chi connectivity index (χ3v) is 3.32. The van der Waals surface area contributed by atoms with E-state index in [0.717, 1.165) is 24.5 Å². The Labute approximate surface area is 104 Å². The molecule has 0 unspecified atom stereocenters. The monoisotopic (exact) mass is 245 g/mol. The first-order chi connectivity index (χ1) is 8.68. The van der Waals surface area contributed by atoms with Crippen LogP contribution in [0, 0.1) is 11.6 Å². The molecule has 3 heteroatoms. The van der Waals surface area contributed by atoms with Crippen LogP contribution < -0.4 is 5.32 Å². The fourth-order valence-electron chi connectivity index (χ4n) is 2.27. The Bertz CT molecular complexity index is 542. The summed E-state index contributed by atoms with van der Waals surface area (Å²) in [5, 5.41) is 3.25. The molecule has 18 heavy (non-hydrogen) atoms. The molecule has 3 rings (SSSR count). The molecule has 0 radical (unpaired) electrons. The molecule has 0 aromatic heterocycles. The normalized spacial score (nSPS) is 16.3. The van der Waals surface area contributed by atoms with Crippen molar-refractivity contribution in [2.45, 2.75) is 18.4 Å². The number of halogens is 2. The van der Waals surface area contributed by atoms with Gasteiger partial charge in [-0.2, -0.15) is 0 Å². The predicted molar refractivity (Wildman–Crippen MR) is 67.3 cm³/mol. The van der Waals surface area contributed by atoms with Crippen molar-refractivity contribution >= 4 is 5.69 Å². The molecular weight excluding hydrogens is 232 g/mol. The molecule has 0 heterocycles. The molecular formula is C15H13F2N. The van der Waals surface area contributed by atoms with Gasteiger partial charge in [-0.15, -0.1) is 0 Å². The van der Waals surface area contributed by atoms with E-state index in [4.69, 9.17) is 0 Å². The van der Waals surface area contributed by atoms with Crippen LogP contribution in [0.3, 0.4) is 0 Å². The van der Waals surface area contributed by atoms with Crippen molar-refractivity contribution < 1.29 is 8.78 Å². The molecule has 0 bridgehead atoms. The van der Waals surface area contributed by atoms with Gasteiger partial charge < -0.3 is 5.32 Å². The van der Waals surface area contributed by atoms with E-state index in [1.165, 1.54) is 12.1 Å². The van der Waals surface area contributed by atoms with Gasteiger partial charge in [0.1, 0.15) is 11.6 Å². The zero-order valence-electron chi connectivity index (χ0n) is 9.79. The first-order valence-electron chi connectivity index (χ1n) is 5.98. The zero-order valence-corrected chi connectivity index (χ0v) is 9.79. The lowest BCUT2D eigenvalue weighted by Crippen LogP contribution is -2.18. The van der Waals surface area contributed by atoms with Gasteiger partial charge in [-0.1, -0.05) is 30.3 Å². The van der Waals surface area contributed by atoms with Crippen molar-refractivity contribution in [1.82, 2.24) is 0 Å². The Morgan fingerprint density at radius 2 is 1.50 bits per heavy atom. The first-order valence-corrected chi connectivity index (χ1v) is 5.98. The fraction of sp³-hybridized carbons (Fsp3) is 0.200. The maximum Gasteiger partial charge on any atom is 0.128 e. The van der Waals surface area contributed by atoms with Gasteiger partial charge in [0.25, 0.3) is 0 Å². The Morgan fingerprint density at radius 1 is 0.889 bits per heavy atom. The summed E-state index contributed by atoms with van der Waals surface area (Å²) >= 11 is 0. The number of benzene rings is 2. The molecule has 92 valence electrons. The van der Waals surface area contributed by atoms with Crippen molar-refractivity contribution in [3.05, 3.63) is 65.7 Å². The van der Waals surface area contributed by atoms with Crippen molar-refractivity contribution in [3.63, 3.8) is 0 Å². The zero-order chi connectivity index (χ0) is 12.6. The molecule has 1 nitrogen and oxygen atoms in total. The topological polar surface area (TPSA) is 12.0 Å². The second kappa shape index (κ2) is 4.09. The van der Waals surface area contributed by atoms with Crippen LogP contribution in [0.2, 0.25) is 0 Å². The van der Waals surface area contributed by atoms with Crippen LogP contribution in [0.15, 0.2) is 48.5 Å². The molecule has 1 N–H and O–H groups in total. The van der Waals surface area contributed by atoms with E-state index in [0.29, 0.717) is 5.69 Å². The number of nitrogens with one attached hydrogen (secondary N) is 1. The summed E-state index contributed by atoms with van der Waals surface area (Å²) in [6, 6.07) is 13.5. The van der Waals surface area contributed by atoms with E-state index in [9.17, 15) is 8.78 Å². The first kappa shape index (κ1) is 11.2. The molecule has 1 saturated carbocycles. The second-order valence-electron chi connectivity index (χ2n) is 4.73. The van der Waals surface area contributed by atoms with E-state index in [2.05, 4.69) is 5.32 Å². The fourth-order valence-corrected chi connectivity index (χ4v) is 2.27. The summed E-state index contributed by atoms with van der Waals surface area (Å²) in [5.41, 5.74) is 1.50. The lowest BCUT2D eigenvalue weighted by Gasteiger charge is -2.19. The van der Waals surface area contributed by atoms with Gasteiger partial charge in [0.05, 0.1) is 5.54 Å². The SMILES string of the molecule is Fc1cc(F)cc(NC2(c3ccccc3)CC2)c1. The van der Waals surface area contributed by atoms with E-state index in [-0.39, 0.29) is 5.54 Å². The minimum absolute atomic E-state index is 0.151. The highest BCUT2D eigenvalue weighted by atomic mass is 19.1. The summed E-state index contributed by atoms with van der Waals surface area (Å²) in [4.78, 5) is 0. The smallest absolute Gasteiger partial charge is 0.128 e. The number of rotatable bonds is 3. The standard InChI is InChI=1S/C15H13F2N/c16-12-8-13(17)10-14(9-12)18-15(6-7-15)11-4-2-1-3-5-11/h1-5,8-10,18H,6-7H2. The van der Waals surface area contributed by atoms with E-state index in [1.54, 1.807) is 0 Å². The molecule has 0 amide bonds. The molecule has 2 aromatic carbocycles. The lowest BCUT2D eigenvalue weighted by atomic mass is 10.0. The maximum atomic E-state index is 13.1. The average Bonchev–Trinajstić information content (AvgIpc) is 3.10. The minimum Gasteiger partial charge on any atom is -0.375 e. The van der Waals surface area contributed by atoms with Gasteiger partial charge in [0.15, 0.2) is 0 Å². The quantitative estimate of drug-likeness (QED) is 0.859. The molecule has 1 fully saturated rings. The molecule has 1 aliphatic rings. The van der Waals surface area contributed by atoms with Gasteiger partial charge in [-0.25, -0.2) is 8.78 Å². The Hall–Kier alpha value is -1.90. The highest BCUT2D eigenvalue weighted by Gasteiger charge is 2.44. The van der Waals surface area contributed by atoms with Crippen LogP contribution in [0.25, 0.3) is 0 Å². The maximum absolute atomic E-state index is 13.1. The van der Waals surface area contributed by atoms with Gasteiger partial charge in [0, 0.05) is 11.8 Å². The van der Waals surface area contributed by atoms with Crippen molar-refractivity contribution in [3.8, 4) is 0 Å². The highest BCUT2D eigenvalue weighted by molar-refractivity contribution is 5.51. The van der Waals surface area contributed by atoms with Gasteiger partial charge in [-0.05, 0) is 30.5 Å². The van der Waals surface area contributed by atoms with Crippen LogP contribution in [0.4, 0.5) is 14.5 Å². The van der Waals surface area contributed by atoms with Crippen LogP contribution in [0.5, 0.6) is 0 Å². The third-order valence-electron chi connectivity index (χ3n) is 3.32. The van der Waals surface area contributed by atoms with Gasteiger partial charge in [-0.3, -0.25) is 0 Å². The lowest BCUT2D eigenvalue weighted by molar-refractivity contribution is 0.583. The van der Waals surface area contributed by atoms with Crippen molar-refractivity contribution in [2.24, 2.45) is 0 Å². The van der Waals surface area contributed by atoms with Crippen molar-refractivity contribution in [1.29, 1.82) is 0 Å². The molecule has 0 atom stereocenters. The van der Waals surface area contributed by atoms with Gasteiger partial charge in [0.2, 0.25) is 0 Å². The number of hydrogen-bond donors (Lipinski definition) is 1. The summed E-state index contributed by atoms with van der Waals surface area (Å²) in [5.74, 6) is -1.11. The predicted octanol–water partition coefficient (Wildman–Crippen LogP) is 4.07. The Kier molecular flexibility index (Phi) is 2.54. The average molecular weight is 245 g/mol. The summed E-state index contributed by atoms with van der Waals surface area (Å²) in [6.45, 7) is 0. The summed E-state index contributed by atoms with van der Waals surface area (Å²) in [7, 11) is 0. The molecule has 0 aliphatic heterocycles. The number of hydrogen-bond acceptors (Lipinski definition) is 1. The van der Waals surface area contributed by atoms with E-state index >= 15 is 0 Å². The Morgan fingerprint density at radius 3 is 2.06 bits per heavy atom. The number of anilines is 1. The second-order valence-corrected chi connectivity index (χ2v) is 4.73. The molecule has 2 aromatic rings. The largest absolute Gasteiger partial charge is 0.375 e. The van der Waals surface area contributed by atoms with Crippen LogP contribution in [0.1, 0.15) is 18.4 Å².